The molecule has 0 atom stereocenters. The molecule has 2 aromatic rings. The van der Waals surface area contributed by atoms with Gasteiger partial charge in [-0.25, -0.2) is 20.2 Å². The van der Waals surface area contributed by atoms with Crippen LogP contribution >= 0.6 is 0 Å². The lowest BCUT2D eigenvalue weighted by molar-refractivity contribution is 0.0946. The first-order valence-corrected chi connectivity index (χ1v) is 5.10. The van der Waals surface area contributed by atoms with Gasteiger partial charge in [-0.1, -0.05) is 0 Å². The lowest BCUT2D eigenvalue weighted by Gasteiger charge is -2.07. The average molecular weight is 250 g/mol. The zero-order chi connectivity index (χ0) is 13.0. The molecule has 2 aromatic heterocycles. The summed E-state index contributed by atoms with van der Waals surface area (Å²) in [5.74, 6) is 4.11. The summed E-state index contributed by atoms with van der Waals surface area (Å²) in [6.45, 7) is 0.180. The highest BCUT2D eigenvalue weighted by Gasteiger charge is 2.15. The Morgan fingerprint density at radius 3 is 2.94 bits per heavy atom. The number of anilines is 1. The minimum atomic E-state index is -0.794. The number of hydrogen-bond donors (Lipinski definition) is 4. The van der Waals surface area contributed by atoms with E-state index >= 15 is 0 Å². The van der Waals surface area contributed by atoms with Gasteiger partial charge in [0.15, 0.2) is 11.6 Å². The van der Waals surface area contributed by atoms with Crippen LogP contribution in [0.25, 0.3) is 0 Å². The van der Waals surface area contributed by atoms with Crippen molar-refractivity contribution in [3.63, 3.8) is 0 Å². The van der Waals surface area contributed by atoms with Gasteiger partial charge in [-0.05, 0) is 6.07 Å². The van der Waals surface area contributed by atoms with E-state index in [9.17, 15) is 9.18 Å². The molecular formula is C10H11FN6O. The summed E-state index contributed by atoms with van der Waals surface area (Å²) in [4.78, 5) is 22.1. The lowest BCUT2D eigenvalue weighted by atomic mass is 10.2. The summed E-state index contributed by atoms with van der Waals surface area (Å²) in [6.07, 6.45) is 4.48. The summed E-state index contributed by atoms with van der Waals surface area (Å²) >= 11 is 0. The quantitative estimate of drug-likeness (QED) is 0.456. The van der Waals surface area contributed by atoms with Crippen LogP contribution in [0.4, 0.5) is 10.2 Å². The van der Waals surface area contributed by atoms with Crippen LogP contribution in [-0.2, 0) is 6.54 Å². The van der Waals surface area contributed by atoms with E-state index in [1.807, 2.05) is 0 Å². The summed E-state index contributed by atoms with van der Waals surface area (Å²) in [6, 6.07) is 1.27. The summed E-state index contributed by atoms with van der Waals surface area (Å²) in [5, 5.41) is 2.52. The van der Waals surface area contributed by atoms with Gasteiger partial charge in [-0.15, -0.1) is 0 Å². The molecule has 0 aliphatic rings. The smallest absolute Gasteiger partial charge is 0.254 e. The molecule has 2 heterocycles. The molecule has 7 nitrogen and oxygen atoms in total. The van der Waals surface area contributed by atoms with Crippen molar-refractivity contribution in [1.82, 2.24) is 20.3 Å². The number of carbonyl (C=O) groups excluding carboxylic acids is 1. The highest BCUT2D eigenvalue weighted by molar-refractivity contribution is 5.95. The highest BCUT2D eigenvalue weighted by Crippen LogP contribution is 2.13. The second kappa shape index (κ2) is 5.23. The molecule has 1 amide bonds. The predicted octanol–water partition coefficient (Wildman–Crippen LogP) is 0.159. The first-order valence-electron chi connectivity index (χ1n) is 5.10. The number of hydrazine groups is 1. The molecule has 0 fully saturated rings. The topological polar surface area (TPSA) is 109 Å². The largest absolute Gasteiger partial charge is 0.347 e. The van der Waals surface area contributed by atoms with Crippen molar-refractivity contribution in [3.05, 3.63) is 41.9 Å². The Hall–Kier alpha value is -2.48. The van der Waals surface area contributed by atoms with Crippen LogP contribution in [0.15, 0.2) is 24.7 Å². The van der Waals surface area contributed by atoms with Crippen molar-refractivity contribution in [2.45, 2.75) is 6.54 Å². The van der Waals surface area contributed by atoms with E-state index in [2.05, 4.69) is 25.7 Å². The number of nitrogens with two attached hydrogens (primary N) is 1. The molecular weight excluding hydrogens is 239 g/mol. The van der Waals surface area contributed by atoms with Crippen LogP contribution in [0.2, 0.25) is 0 Å². The number of H-pyrrole nitrogens is 1. The van der Waals surface area contributed by atoms with Crippen LogP contribution < -0.4 is 16.6 Å². The van der Waals surface area contributed by atoms with E-state index in [0.29, 0.717) is 5.82 Å². The van der Waals surface area contributed by atoms with E-state index in [1.165, 1.54) is 12.3 Å². The van der Waals surface area contributed by atoms with E-state index in [4.69, 9.17) is 5.84 Å². The van der Waals surface area contributed by atoms with Crippen molar-refractivity contribution in [2.75, 3.05) is 5.43 Å². The number of carbonyl (C=O) groups is 1. The Labute approximate surface area is 102 Å². The first-order chi connectivity index (χ1) is 8.72. The SMILES string of the molecule is NNc1nccc(C(=O)NCc2ncc[nH]2)c1F. The lowest BCUT2D eigenvalue weighted by Crippen LogP contribution is -2.25. The number of amides is 1. The number of aromatic amines is 1. The van der Waals surface area contributed by atoms with E-state index in [1.54, 1.807) is 12.4 Å². The molecule has 2 rings (SSSR count). The minimum absolute atomic E-state index is 0.135. The molecule has 0 aliphatic heterocycles. The molecule has 0 bridgehead atoms. The third kappa shape index (κ3) is 2.43. The van der Waals surface area contributed by atoms with Gasteiger partial charge in [0.25, 0.3) is 5.91 Å². The first kappa shape index (κ1) is 12.0. The molecule has 8 heteroatoms. The molecule has 0 spiro atoms. The number of aromatic nitrogens is 3. The fourth-order valence-electron chi connectivity index (χ4n) is 1.37. The summed E-state index contributed by atoms with van der Waals surface area (Å²) in [7, 11) is 0. The van der Waals surface area contributed by atoms with Crippen LogP contribution in [0.5, 0.6) is 0 Å². The third-order valence-corrected chi connectivity index (χ3v) is 2.24. The van der Waals surface area contributed by atoms with Gasteiger partial charge >= 0.3 is 0 Å². The maximum Gasteiger partial charge on any atom is 0.254 e. The standard InChI is InChI=1S/C10H11FN6O/c11-8-6(1-2-15-9(8)17-12)10(18)16-5-7-13-3-4-14-7/h1-4H,5,12H2,(H,13,14)(H,15,17)(H,16,18). The van der Waals surface area contributed by atoms with Crippen molar-refractivity contribution in [1.29, 1.82) is 0 Å². The Morgan fingerprint density at radius 1 is 1.44 bits per heavy atom. The normalized spacial score (nSPS) is 10.1. The number of halogens is 1. The molecule has 0 saturated carbocycles. The average Bonchev–Trinajstić information content (AvgIpc) is 2.89. The van der Waals surface area contributed by atoms with Crippen LogP contribution in [0.3, 0.4) is 0 Å². The molecule has 0 aromatic carbocycles. The van der Waals surface area contributed by atoms with Gasteiger partial charge in [-0.3, -0.25) is 4.79 Å². The molecule has 0 aliphatic carbocycles. The summed E-state index contributed by atoms with van der Waals surface area (Å²) < 4.78 is 13.7. The molecule has 0 unspecified atom stereocenters. The van der Waals surface area contributed by atoms with Gasteiger partial charge in [0.05, 0.1) is 12.1 Å². The molecule has 94 valence electrons. The molecule has 0 saturated heterocycles. The van der Waals surface area contributed by atoms with Crippen LogP contribution in [0.1, 0.15) is 16.2 Å². The number of nitrogens with one attached hydrogen (secondary N) is 3. The fourth-order valence-corrected chi connectivity index (χ4v) is 1.37. The van der Waals surface area contributed by atoms with Crippen molar-refractivity contribution < 1.29 is 9.18 Å². The monoisotopic (exact) mass is 250 g/mol. The van der Waals surface area contributed by atoms with Gasteiger partial charge in [0.2, 0.25) is 0 Å². The second-order valence-electron chi connectivity index (χ2n) is 3.38. The zero-order valence-electron chi connectivity index (χ0n) is 9.27. The Bertz CT molecular complexity index is 541. The number of imidazole rings is 1. The predicted molar refractivity (Wildman–Crippen MR) is 61.8 cm³/mol. The third-order valence-electron chi connectivity index (χ3n) is 2.24. The Kier molecular flexibility index (Phi) is 3.49. The minimum Gasteiger partial charge on any atom is -0.347 e. The van der Waals surface area contributed by atoms with Gasteiger partial charge in [0.1, 0.15) is 5.82 Å². The van der Waals surface area contributed by atoms with Gasteiger partial charge in [-0.2, -0.15) is 0 Å². The number of nitrogens with zero attached hydrogens (tertiary/aromatic N) is 2. The second-order valence-corrected chi connectivity index (χ2v) is 3.38. The molecule has 0 radical (unpaired) electrons. The number of hydrogen-bond acceptors (Lipinski definition) is 5. The van der Waals surface area contributed by atoms with Crippen molar-refractivity contribution in [2.24, 2.45) is 5.84 Å². The van der Waals surface area contributed by atoms with Crippen LogP contribution in [0, 0.1) is 5.82 Å². The fraction of sp³-hybridized carbons (Fsp3) is 0.100. The zero-order valence-corrected chi connectivity index (χ0v) is 9.27. The van der Waals surface area contributed by atoms with Crippen LogP contribution in [-0.4, -0.2) is 20.9 Å². The maximum absolute atomic E-state index is 13.7. The van der Waals surface area contributed by atoms with E-state index < -0.39 is 11.7 Å². The molecule has 18 heavy (non-hydrogen) atoms. The van der Waals surface area contributed by atoms with Gasteiger partial charge < -0.3 is 15.7 Å². The van der Waals surface area contributed by atoms with Crippen molar-refractivity contribution in [3.8, 4) is 0 Å². The summed E-state index contributed by atoms with van der Waals surface area (Å²) in [5.41, 5.74) is 1.94. The van der Waals surface area contributed by atoms with Crippen molar-refractivity contribution >= 4 is 11.7 Å². The number of pyridine rings is 1. The Balaban J connectivity index is 2.09. The van der Waals surface area contributed by atoms with Gasteiger partial charge in [0, 0.05) is 18.6 Å². The number of rotatable bonds is 4. The van der Waals surface area contributed by atoms with E-state index in [-0.39, 0.29) is 17.9 Å². The maximum atomic E-state index is 13.7. The van der Waals surface area contributed by atoms with E-state index in [0.717, 1.165) is 0 Å². The highest BCUT2D eigenvalue weighted by atomic mass is 19.1. The molecule has 5 N–H and O–H groups in total. The number of nitrogen functional groups attached to an aromatic ring is 1. The Morgan fingerprint density at radius 2 is 2.28 bits per heavy atom.